The first kappa shape index (κ1) is 27.5. The normalized spacial score (nSPS) is 12.0. The molecule has 6 nitrogen and oxygen atoms in total. The standard InChI is InChI=1S/C15H15ClN2.C10H23N3O/c16-14-8-4-7-13(9-14)15(17)11-18-10-12-5-2-1-3-6-12;1-8(2)9(3)13(6-4-5-11)10(14)7-12/h1-9,11,18H,10,17H2;8-9H,4-7,11-12H2,1-3H3/b15-11-;/t;9-/m.0/s1. The van der Waals surface area contributed by atoms with E-state index in [9.17, 15) is 4.79 Å². The summed E-state index contributed by atoms with van der Waals surface area (Å²) in [5.41, 5.74) is 19.6. The number of hydrogen-bond acceptors (Lipinski definition) is 5. The molecule has 2 aromatic rings. The molecule has 1 amide bonds. The minimum Gasteiger partial charge on any atom is -0.397 e. The van der Waals surface area contributed by atoms with Gasteiger partial charge in [0.1, 0.15) is 0 Å². The smallest absolute Gasteiger partial charge is 0.236 e. The topological polar surface area (TPSA) is 110 Å². The average Bonchev–Trinajstić information content (AvgIpc) is 2.80. The van der Waals surface area contributed by atoms with Crippen LogP contribution in [0, 0.1) is 5.92 Å². The Morgan fingerprint density at radius 1 is 1.09 bits per heavy atom. The second kappa shape index (κ2) is 15.3. The highest BCUT2D eigenvalue weighted by atomic mass is 35.5. The van der Waals surface area contributed by atoms with Crippen LogP contribution in [0.2, 0.25) is 5.02 Å². The molecule has 0 heterocycles. The van der Waals surface area contributed by atoms with Gasteiger partial charge in [0.25, 0.3) is 0 Å². The van der Waals surface area contributed by atoms with Crippen LogP contribution in [0.4, 0.5) is 0 Å². The molecule has 0 fully saturated rings. The zero-order chi connectivity index (χ0) is 23.9. The molecule has 0 unspecified atom stereocenters. The molecule has 2 rings (SSSR count). The minimum atomic E-state index is 0.0136. The average molecular weight is 460 g/mol. The fourth-order valence-corrected chi connectivity index (χ4v) is 3.11. The van der Waals surface area contributed by atoms with Gasteiger partial charge < -0.3 is 27.4 Å². The van der Waals surface area contributed by atoms with Crippen LogP contribution in [0.15, 0.2) is 60.8 Å². The van der Waals surface area contributed by atoms with Crippen LogP contribution in [0.25, 0.3) is 5.70 Å². The van der Waals surface area contributed by atoms with Gasteiger partial charge in [-0.25, -0.2) is 0 Å². The van der Waals surface area contributed by atoms with E-state index in [1.54, 1.807) is 6.20 Å². The molecule has 0 aromatic heterocycles. The van der Waals surface area contributed by atoms with Crippen LogP contribution < -0.4 is 22.5 Å². The minimum absolute atomic E-state index is 0.0136. The van der Waals surface area contributed by atoms with E-state index in [1.165, 1.54) is 5.56 Å². The third-order valence-corrected chi connectivity index (χ3v) is 5.35. The third-order valence-electron chi connectivity index (χ3n) is 5.12. The molecule has 0 aliphatic heterocycles. The van der Waals surface area contributed by atoms with E-state index in [1.807, 2.05) is 47.4 Å². The lowest BCUT2D eigenvalue weighted by molar-refractivity contribution is -0.132. The van der Waals surface area contributed by atoms with Crippen molar-refractivity contribution in [2.75, 3.05) is 19.6 Å². The second-order valence-electron chi connectivity index (χ2n) is 7.89. The van der Waals surface area contributed by atoms with Gasteiger partial charge in [-0.15, -0.1) is 0 Å². The second-order valence-corrected chi connectivity index (χ2v) is 8.33. The summed E-state index contributed by atoms with van der Waals surface area (Å²) < 4.78 is 0. The molecule has 0 aliphatic rings. The summed E-state index contributed by atoms with van der Waals surface area (Å²) in [4.78, 5) is 13.4. The van der Waals surface area contributed by atoms with E-state index in [-0.39, 0.29) is 18.5 Å². The van der Waals surface area contributed by atoms with Crippen molar-refractivity contribution in [1.29, 1.82) is 0 Å². The Hall–Kier alpha value is -2.54. The Morgan fingerprint density at radius 2 is 1.78 bits per heavy atom. The van der Waals surface area contributed by atoms with Gasteiger partial charge in [0.15, 0.2) is 0 Å². The summed E-state index contributed by atoms with van der Waals surface area (Å²) in [7, 11) is 0. The molecular formula is C25H38ClN5O. The molecule has 1 atom stereocenters. The predicted molar refractivity (Wildman–Crippen MR) is 136 cm³/mol. The van der Waals surface area contributed by atoms with Crippen molar-refractivity contribution < 1.29 is 4.79 Å². The van der Waals surface area contributed by atoms with Gasteiger partial charge in [-0.3, -0.25) is 4.79 Å². The number of nitrogens with zero attached hydrogens (tertiary/aromatic N) is 1. The molecule has 7 heteroatoms. The number of carbonyl (C=O) groups excluding carboxylic acids is 1. The molecule has 0 bridgehead atoms. The molecular weight excluding hydrogens is 422 g/mol. The van der Waals surface area contributed by atoms with Gasteiger partial charge in [0.05, 0.1) is 12.2 Å². The van der Waals surface area contributed by atoms with Gasteiger partial charge in [0.2, 0.25) is 5.91 Å². The van der Waals surface area contributed by atoms with Crippen molar-refractivity contribution in [2.45, 2.75) is 39.8 Å². The number of amides is 1. The van der Waals surface area contributed by atoms with Gasteiger partial charge in [-0.2, -0.15) is 0 Å². The fourth-order valence-electron chi connectivity index (χ4n) is 2.92. The zero-order valence-electron chi connectivity index (χ0n) is 19.4. The van der Waals surface area contributed by atoms with Crippen molar-refractivity contribution in [3.63, 3.8) is 0 Å². The first-order chi connectivity index (χ1) is 15.3. The summed E-state index contributed by atoms with van der Waals surface area (Å²) in [5.74, 6) is 0.461. The first-order valence-electron chi connectivity index (χ1n) is 11.0. The predicted octanol–water partition coefficient (Wildman–Crippen LogP) is 3.55. The quantitative estimate of drug-likeness (QED) is 0.434. The SMILES string of the molecule is CC(C)[C@H](C)N(CCCN)C(=O)CN.N/C(=C\NCc1ccccc1)c1cccc(Cl)c1. The van der Waals surface area contributed by atoms with Crippen LogP contribution in [0.3, 0.4) is 0 Å². The number of benzene rings is 2. The van der Waals surface area contributed by atoms with Crippen molar-refractivity contribution in [3.8, 4) is 0 Å². The maximum atomic E-state index is 11.5. The van der Waals surface area contributed by atoms with E-state index in [4.69, 9.17) is 28.8 Å². The molecule has 7 N–H and O–H groups in total. The molecule has 2 aromatic carbocycles. The highest BCUT2D eigenvalue weighted by Crippen LogP contribution is 2.14. The molecule has 32 heavy (non-hydrogen) atoms. The monoisotopic (exact) mass is 459 g/mol. The van der Waals surface area contributed by atoms with Crippen LogP contribution in [0.5, 0.6) is 0 Å². The maximum Gasteiger partial charge on any atom is 0.236 e. The Bertz CT molecular complexity index is 826. The summed E-state index contributed by atoms with van der Waals surface area (Å²) in [6, 6.07) is 17.9. The van der Waals surface area contributed by atoms with E-state index in [0.717, 1.165) is 18.5 Å². The van der Waals surface area contributed by atoms with Gasteiger partial charge in [-0.05, 0) is 43.5 Å². The molecule has 0 radical (unpaired) electrons. The number of halogens is 1. The van der Waals surface area contributed by atoms with Gasteiger partial charge in [0, 0.05) is 35.9 Å². The Labute approximate surface area is 197 Å². The largest absolute Gasteiger partial charge is 0.397 e. The van der Waals surface area contributed by atoms with Crippen molar-refractivity contribution in [1.82, 2.24) is 10.2 Å². The summed E-state index contributed by atoms with van der Waals surface area (Å²) >= 11 is 5.92. The van der Waals surface area contributed by atoms with Gasteiger partial charge in [-0.1, -0.05) is 67.9 Å². The number of hydrogen-bond donors (Lipinski definition) is 4. The van der Waals surface area contributed by atoms with E-state index < -0.39 is 0 Å². The van der Waals surface area contributed by atoms with Crippen molar-refractivity contribution in [3.05, 3.63) is 76.9 Å². The summed E-state index contributed by atoms with van der Waals surface area (Å²) in [5, 5.41) is 3.88. The van der Waals surface area contributed by atoms with Crippen LogP contribution >= 0.6 is 11.6 Å². The molecule has 0 saturated carbocycles. The Morgan fingerprint density at radius 3 is 2.34 bits per heavy atom. The molecule has 0 spiro atoms. The van der Waals surface area contributed by atoms with Crippen molar-refractivity contribution in [2.24, 2.45) is 23.1 Å². The molecule has 0 aliphatic carbocycles. The lowest BCUT2D eigenvalue weighted by atomic mass is 10.0. The number of nitrogens with two attached hydrogens (primary N) is 3. The lowest BCUT2D eigenvalue weighted by Crippen LogP contribution is -2.45. The van der Waals surface area contributed by atoms with Gasteiger partial charge >= 0.3 is 0 Å². The summed E-state index contributed by atoms with van der Waals surface area (Å²) in [6.45, 7) is 8.41. The van der Waals surface area contributed by atoms with Crippen LogP contribution in [-0.4, -0.2) is 36.5 Å². The Balaban J connectivity index is 0.000000333. The summed E-state index contributed by atoms with van der Waals surface area (Å²) in [6.07, 6.45) is 2.64. The van der Waals surface area contributed by atoms with Crippen LogP contribution in [0.1, 0.15) is 38.3 Å². The van der Waals surface area contributed by atoms with Crippen molar-refractivity contribution >= 4 is 23.2 Å². The molecule has 176 valence electrons. The van der Waals surface area contributed by atoms with E-state index >= 15 is 0 Å². The highest BCUT2D eigenvalue weighted by Gasteiger charge is 2.20. The Kier molecular flexibility index (Phi) is 13.1. The van der Waals surface area contributed by atoms with Crippen LogP contribution in [-0.2, 0) is 11.3 Å². The fraction of sp³-hybridized carbons (Fsp3) is 0.400. The third kappa shape index (κ3) is 10.2. The highest BCUT2D eigenvalue weighted by molar-refractivity contribution is 6.30. The molecule has 0 saturated heterocycles. The number of nitrogens with one attached hydrogen (secondary N) is 1. The van der Waals surface area contributed by atoms with E-state index in [0.29, 0.717) is 29.7 Å². The number of rotatable bonds is 10. The van der Waals surface area contributed by atoms with E-state index in [2.05, 4.69) is 38.2 Å². The number of carbonyl (C=O) groups is 1. The zero-order valence-corrected chi connectivity index (χ0v) is 20.2. The lowest BCUT2D eigenvalue weighted by Gasteiger charge is -2.31. The first-order valence-corrected chi connectivity index (χ1v) is 11.4. The maximum absolute atomic E-state index is 11.5.